The van der Waals surface area contributed by atoms with Gasteiger partial charge in [-0.15, -0.1) is 11.3 Å². The zero-order valence-electron chi connectivity index (χ0n) is 14.2. The zero-order chi connectivity index (χ0) is 17.5. The molecule has 128 valence electrons. The van der Waals surface area contributed by atoms with Crippen molar-refractivity contribution in [3.8, 4) is 0 Å². The van der Waals surface area contributed by atoms with E-state index < -0.39 is 6.04 Å². The van der Waals surface area contributed by atoms with Gasteiger partial charge in [0.25, 0.3) is 5.91 Å². The van der Waals surface area contributed by atoms with Crippen LogP contribution in [0.3, 0.4) is 0 Å². The summed E-state index contributed by atoms with van der Waals surface area (Å²) in [5, 5.41) is 7.48. The summed E-state index contributed by atoms with van der Waals surface area (Å²) in [6, 6.07) is 13.1. The fourth-order valence-electron chi connectivity index (χ4n) is 2.37. The van der Waals surface area contributed by atoms with Gasteiger partial charge in [-0.2, -0.15) is 0 Å². The maximum Gasteiger partial charge on any atom is 0.261 e. The normalized spacial score (nSPS) is 13.3. The second-order valence-electron chi connectivity index (χ2n) is 5.81. The first kappa shape index (κ1) is 18.2. The summed E-state index contributed by atoms with van der Waals surface area (Å²) in [5.74, 6) is -0.414. The second-order valence-corrected chi connectivity index (χ2v) is 6.76. The number of thiophene rings is 1. The smallest absolute Gasteiger partial charge is 0.261 e. The van der Waals surface area contributed by atoms with E-state index in [9.17, 15) is 9.59 Å². The van der Waals surface area contributed by atoms with Gasteiger partial charge < -0.3 is 15.5 Å². The largest absolute Gasteiger partial charge is 0.352 e. The Balaban J connectivity index is 1.89. The van der Waals surface area contributed by atoms with Gasteiger partial charge in [0.15, 0.2) is 0 Å². The topological polar surface area (TPSA) is 61.4 Å². The summed E-state index contributed by atoms with van der Waals surface area (Å²) in [5.41, 5.74) is 1.14. The monoisotopic (exact) mass is 345 g/mol. The fourth-order valence-corrected chi connectivity index (χ4v) is 2.99. The lowest BCUT2D eigenvalue weighted by molar-refractivity contribution is -0.122. The van der Waals surface area contributed by atoms with E-state index in [1.54, 1.807) is 13.0 Å². The lowest BCUT2D eigenvalue weighted by atomic mass is 10.1. The Labute approximate surface area is 146 Å². The molecule has 0 unspecified atom stereocenters. The molecule has 0 radical (unpaired) electrons. The molecule has 0 spiro atoms. The van der Waals surface area contributed by atoms with Crippen LogP contribution < -0.4 is 10.6 Å². The average molecular weight is 345 g/mol. The first-order valence-electron chi connectivity index (χ1n) is 7.82. The number of benzene rings is 1. The third-order valence-electron chi connectivity index (χ3n) is 3.76. The Morgan fingerprint density at radius 1 is 1.12 bits per heavy atom. The highest BCUT2D eigenvalue weighted by atomic mass is 32.1. The number of carbonyl (C=O) groups excluding carboxylic acids is 2. The van der Waals surface area contributed by atoms with Crippen molar-refractivity contribution in [2.45, 2.75) is 19.0 Å². The Bertz CT molecular complexity index is 656. The van der Waals surface area contributed by atoms with Crippen LogP contribution in [0.25, 0.3) is 0 Å². The molecule has 0 aliphatic rings. The molecule has 1 heterocycles. The quantitative estimate of drug-likeness (QED) is 0.809. The van der Waals surface area contributed by atoms with Gasteiger partial charge in [-0.1, -0.05) is 36.4 Å². The molecule has 2 N–H and O–H groups in total. The number of carbonyl (C=O) groups is 2. The summed E-state index contributed by atoms with van der Waals surface area (Å²) in [7, 11) is 3.96. The first-order chi connectivity index (χ1) is 11.5. The summed E-state index contributed by atoms with van der Waals surface area (Å²) >= 11 is 1.35. The molecule has 24 heavy (non-hydrogen) atoms. The van der Waals surface area contributed by atoms with Gasteiger partial charge in [0.05, 0.1) is 10.9 Å². The third kappa shape index (κ3) is 4.91. The number of likely N-dealkylation sites (N-methyl/N-ethyl adjacent to an activating group) is 1. The molecular weight excluding hydrogens is 322 g/mol. The Kier molecular flexibility index (Phi) is 6.52. The standard InChI is InChI=1S/C18H23N3O2S/c1-13(20-18(23)16-10-7-11-24-16)17(22)19-12-15(21(2)3)14-8-5-4-6-9-14/h4-11,13,15H,12H2,1-3H3,(H,19,22)(H,20,23)/t13-,15+/m0/s1. The Morgan fingerprint density at radius 3 is 2.42 bits per heavy atom. The molecule has 0 bridgehead atoms. The van der Waals surface area contributed by atoms with E-state index in [0.717, 1.165) is 5.56 Å². The minimum Gasteiger partial charge on any atom is -0.352 e. The molecule has 2 amide bonds. The molecule has 1 aromatic heterocycles. The number of hydrogen-bond acceptors (Lipinski definition) is 4. The molecule has 1 aromatic carbocycles. The highest BCUT2D eigenvalue weighted by Gasteiger charge is 2.20. The number of nitrogens with zero attached hydrogens (tertiary/aromatic N) is 1. The molecule has 0 saturated carbocycles. The fraction of sp³-hybridized carbons (Fsp3) is 0.333. The van der Waals surface area contributed by atoms with Crippen LogP contribution >= 0.6 is 11.3 Å². The lowest BCUT2D eigenvalue weighted by Gasteiger charge is -2.26. The van der Waals surface area contributed by atoms with Crippen molar-refractivity contribution in [1.29, 1.82) is 0 Å². The Hall–Kier alpha value is -2.18. The SMILES string of the molecule is C[C@H](NC(=O)c1cccs1)C(=O)NC[C@H](c1ccccc1)N(C)C. The number of hydrogen-bond donors (Lipinski definition) is 2. The van der Waals surface area contributed by atoms with Crippen molar-refractivity contribution in [2.24, 2.45) is 0 Å². The molecule has 5 nitrogen and oxygen atoms in total. The number of rotatable bonds is 7. The predicted molar refractivity (Wildman–Crippen MR) is 97.1 cm³/mol. The van der Waals surface area contributed by atoms with Crippen molar-refractivity contribution in [2.75, 3.05) is 20.6 Å². The van der Waals surface area contributed by atoms with E-state index in [1.165, 1.54) is 11.3 Å². The van der Waals surface area contributed by atoms with Gasteiger partial charge in [0.2, 0.25) is 5.91 Å². The maximum absolute atomic E-state index is 12.3. The average Bonchev–Trinajstić information content (AvgIpc) is 3.10. The van der Waals surface area contributed by atoms with Crippen LogP contribution in [0.2, 0.25) is 0 Å². The van der Waals surface area contributed by atoms with Crippen molar-refractivity contribution in [3.05, 3.63) is 58.3 Å². The van der Waals surface area contributed by atoms with Crippen LogP contribution in [0.5, 0.6) is 0 Å². The summed E-state index contributed by atoms with van der Waals surface area (Å²) in [4.78, 5) is 26.9. The van der Waals surface area contributed by atoms with Gasteiger partial charge in [0, 0.05) is 6.54 Å². The van der Waals surface area contributed by atoms with Crippen LogP contribution in [-0.2, 0) is 4.79 Å². The van der Waals surface area contributed by atoms with E-state index in [0.29, 0.717) is 11.4 Å². The summed E-state index contributed by atoms with van der Waals surface area (Å²) in [6.07, 6.45) is 0. The van der Waals surface area contributed by atoms with E-state index in [2.05, 4.69) is 15.5 Å². The van der Waals surface area contributed by atoms with Gasteiger partial charge >= 0.3 is 0 Å². The van der Waals surface area contributed by atoms with Crippen LogP contribution in [0.15, 0.2) is 47.8 Å². The molecule has 0 aliphatic heterocycles. The van der Waals surface area contributed by atoms with Gasteiger partial charge in [-0.3, -0.25) is 9.59 Å². The lowest BCUT2D eigenvalue weighted by Crippen LogP contribution is -2.46. The minimum atomic E-state index is -0.585. The van der Waals surface area contributed by atoms with Gasteiger partial charge in [0.1, 0.15) is 6.04 Å². The van der Waals surface area contributed by atoms with Crippen molar-refractivity contribution in [3.63, 3.8) is 0 Å². The summed E-state index contributed by atoms with van der Waals surface area (Å²) < 4.78 is 0. The molecular formula is C18H23N3O2S. The maximum atomic E-state index is 12.3. The van der Waals surface area contributed by atoms with E-state index in [1.807, 2.05) is 55.9 Å². The Morgan fingerprint density at radius 2 is 1.83 bits per heavy atom. The van der Waals surface area contributed by atoms with E-state index in [-0.39, 0.29) is 17.9 Å². The highest BCUT2D eigenvalue weighted by Crippen LogP contribution is 2.16. The van der Waals surface area contributed by atoms with Crippen molar-refractivity contribution in [1.82, 2.24) is 15.5 Å². The van der Waals surface area contributed by atoms with Gasteiger partial charge in [-0.05, 0) is 38.0 Å². The number of nitrogens with one attached hydrogen (secondary N) is 2. The molecule has 2 rings (SSSR count). The van der Waals surface area contributed by atoms with Crippen LogP contribution in [0.1, 0.15) is 28.2 Å². The third-order valence-corrected chi connectivity index (χ3v) is 4.63. The van der Waals surface area contributed by atoms with Crippen LogP contribution in [0, 0.1) is 0 Å². The zero-order valence-corrected chi connectivity index (χ0v) is 15.0. The van der Waals surface area contributed by atoms with E-state index >= 15 is 0 Å². The molecule has 6 heteroatoms. The van der Waals surface area contributed by atoms with Crippen molar-refractivity contribution < 1.29 is 9.59 Å². The predicted octanol–water partition coefficient (Wildman–Crippen LogP) is 2.29. The van der Waals surface area contributed by atoms with Crippen molar-refractivity contribution >= 4 is 23.2 Å². The molecule has 0 saturated heterocycles. The summed E-state index contributed by atoms with van der Waals surface area (Å²) in [6.45, 7) is 2.17. The number of amides is 2. The van der Waals surface area contributed by atoms with Crippen LogP contribution in [-0.4, -0.2) is 43.4 Å². The van der Waals surface area contributed by atoms with Crippen LogP contribution in [0.4, 0.5) is 0 Å². The van der Waals surface area contributed by atoms with Gasteiger partial charge in [-0.25, -0.2) is 0 Å². The van der Waals surface area contributed by atoms with E-state index in [4.69, 9.17) is 0 Å². The molecule has 0 fully saturated rings. The second kappa shape index (κ2) is 8.61. The molecule has 2 atom stereocenters. The highest BCUT2D eigenvalue weighted by molar-refractivity contribution is 7.12. The molecule has 0 aliphatic carbocycles. The minimum absolute atomic E-state index is 0.0790. The first-order valence-corrected chi connectivity index (χ1v) is 8.70. The molecule has 2 aromatic rings.